The summed E-state index contributed by atoms with van der Waals surface area (Å²) in [6, 6.07) is 0. The summed E-state index contributed by atoms with van der Waals surface area (Å²) in [4.78, 5) is 12.4. The normalized spacial score (nSPS) is 30.0. The van der Waals surface area contributed by atoms with Crippen LogP contribution in [0, 0.1) is 16.7 Å². The van der Waals surface area contributed by atoms with Gasteiger partial charge in [-0.2, -0.15) is 5.10 Å². The number of hydrazone groups is 1. The zero-order valence-electron chi connectivity index (χ0n) is 16.5. The van der Waals surface area contributed by atoms with Gasteiger partial charge in [0.15, 0.2) is 5.16 Å². The van der Waals surface area contributed by atoms with Crippen LogP contribution in [-0.4, -0.2) is 32.1 Å². The second-order valence-electron chi connectivity index (χ2n) is 8.89. The standard InChI is InChI=1S/C20H29N5OS/c1-5-10-25-17(13-6-7-13)23-24-18(25)27-12-16(26)22-21-15-11-14-8-9-20(15,4)19(14,2)3/h5,13-14H,1,6-12H2,2-4H3,(H,22,26)/b21-15-. The minimum atomic E-state index is -0.0854. The molecule has 7 heteroatoms. The van der Waals surface area contributed by atoms with E-state index in [9.17, 15) is 4.79 Å². The first kappa shape index (κ1) is 18.7. The molecule has 6 nitrogen and oxygen atoms in total. The molecule has 2 bridgehead atoms. The molecule has 146 valence electrons. The Kier molecular flexibility index (Phi) is 4.69. The lowest BCUT2D eigenvalue weighted by Crippen LogP contribution is -2.34. The number of nitrogens with zero attached hydrogens (tertiary/aromatic N) is 4. The number of hydrogen-bond acceptors (Lipinski definition) is 5. The Morgan fingerprint density at radius 3 is 2.74 bits per heavy atom. The summed E-state index contributed by atoms with van der Waals surface area (Å²) in [5.41, 5.74) is 4.33. The van der Waals surface area contributed by atoms with E-state index in [4.69, 9.17) is 0 Å². The molecule has 2 unspecified atom stereocenters. The van der Waals surface area contributed by atoms with Crippen LogP contribution >= 0.6 is 11.8 Å². The minimum Gasteiger partial charge on any atom is -0.302 e. The van der Waals surface area contributed by atoms with Gasteiger partial charge in [0.25, 0.3) is 5.91 Å². The molecule has 3 aliphatic rings. The van der Waals surface area contributed by atoms with Gasteiger partial charge in [-0.15, -0.1) is 16.8 Å². The number of rotatable bonds is 7. The Morgan fingerprint density at radius 1 is 1.37 bits per heavy atom. The van der Waals surface area contributed by atoms with E-state index in [2.05, 4.69) is 52.6 Å². The lowest BCUT2D eigenvalue weighted by Gasteiger charge is -2.34. The van der Waals surface area contributed by atoms with Crippen molar-refractivity contribution in [1.29, 1.82) is 0 Å². The van der Waals surface area contributed by atoms with E-state index in [1.165, 1.54) is 37.4 Å². The summed E-state index contributed by atoms with van der Waals surface area (Å²) < 4.78 is 2.08. The maximum absolute atomic E-state index is 12.4. The molecule has 0 radical (unpaired) electrons. The van der Waals surface area contributed by atoms with Crippen LogP contribution in [0.3, 0.4) is 0 Å². The monoisotopic (exact) mass is 387 g/mol. The molecule has 0 aromatic carbocycles. The molecule has 27 heavy (non-hydrogen) atoms. The topological polar surface area (TPSA) is 72.2 Å². The molecule has 0 aliphatic heterocycles. The molecule has 3 fully saturated rings. The molecular formula is C20H29N5OS. The van der Waals surface area contributed by atoms with Crippen molar-refractivity contribution in [2.75, 3.05) is 5.75 Å². The number of carbonyl (C=O) groups excluding carboxylic acids is 1. The highest BCUT2D eigenvalue weighted by atomic mass is 32.2. The van der Waals surface area contributed by atoms with Crippen molar-refractivity contribution >= 4 is 23.4 Å². The highest BCUT2D eigenvalue weighted by Gasteiger charge is 2.60. The molecule has 4 rings (SSSR count). The van der Waals surface area contributed by atoms with Crippen LogP contribution in [0.15, 0.2) is 22.9 Å². The summed E-state index contributed by atoms with van der Waals surface area (Å²) in [6.07, 6.45) is 7.65. The molecule has 3 saturated carbocycles. The van der Waals surface area contributed by atoms with Crippen molar-refractivity contribution in [3.05, 3.63) is 18.5 Å². The van der Waals surface area contributed by atoms with E-state index >= 15 is 0 Å². The van der Waals surface area contributed by atoms with E-state index in [1.54, 1.807) is 0 Å². The van der Waals surface area contributed by atoms with Crippen molar-refractivity contribution in [2.45, 2.75) is 70.5 Å². The largest absolute Gasteiger partial charge is 0.302 e. The van der Waals surface area contributed by atoms with Crippen LogP contribution in [0.4, 0.5) is 0 Å². The molecular weight excluding hydrogens is 358 g/mol. The number of amides is 1. The van der Waals surface area contributed by atoms with Gasteiger partial charge in [0, 0.05) is 23.6 Å². The minimum absolute atomic E-state index is 0.0854. The summed E-state index contributed by atoms with van der Waals surface area (Å²) in [5.74, 6) is 2.44. The fourth-order valence-corrected chi connectivity index (χ4v) is 5.49. The van der Waals surface area contributed by atoms with Crippen LogP contribution in [0.1, 0.15) is 64.6 Å². The zero-order valence-corrected chi connectivity index (χ0v) is 17.3. The van der Waals surface area contributed by atoms with Gasteiger partial charge in [0.2, 0.25) is 0 Å². The van der Waals surface area contributed by atoms with Crippen molar-refractivity contribution in [3.63, 3.8) is 0 Å². The fraction of sp³-hybridized carbons (Fsp3) is 0.700. The second kappa shape index (κ2) is 6.76. The SMILES string of the molecule is C=CCn1c(SCC(=O)N/N=C2/CC3CCC2(C)C3(C)C)nnc1C1CC1. The van der Waals surface area contributed by atoms with E-state index < -0.39 is 0 Å². The average molecular weight is 388 g/mol. The van der Waals surface area contributed by atoms with Crippen LogP contribution in [-0.2, 0) is 11.3 Å². The zero-order chi connectivity index (χ0) is 19.2. The predicted molar refractivity (Wildman–Crippen MR) is 108 cm³/mol. The molecule has 1 aromatic heterocycles. The quantitative estimate of drug-likeness (QED) is 0.439. The van der Waals surface area contributed by atoms with Crippen LogP contribution in [0.5, 0.6) is 0 Å². The Hall–Kier alpha value is -1.63. The van der Waals surface area contributed by atoms with Gasteiger partial charge >= 0.3 is 0 Å². The Bertz CT molecular complexity index is 794. The van der Waals surface area contributed by atoms with E-state index in [0.717, 1.165) is 23.1 Å². The van der Waals surface area contributed by atoms with Gasteiger partial charge in [0.05, 0.1) is 5.75 Å². The highest BCUT2D eigenvalue weighted by Crippen LogP contribution is 2.63. The maximum Gasteiger partial charge on any atom is 0.250 e. The van der Waals surface area contributed by atoms with Crippen LogP contribution in [0.25, 0.3) is 0 Å². The fourth-order valence-electron chi connectivity index (χ4n) is 4.74. The molecule has 0 spiro atoms. The van der Waals surface area contributed by atoms with Gasteiger partial charge in [-0.3, -0.25) is 4.79 Å². The Labute approximate surface area is 165 Å². The third kappa shape index (κ3) is 3.13. The molecule has 3 aliphatic carbocycles. The number of nitrogens with one attached hydrogen (secondary N) is 1. The molecule has 1 amide bonds. The smallest absolute Gasteiger partial charge is 0.250 e. The molecule has 0 saturated heterocycles. The number of allylic oxidation sites excluding steroid dienone is 1. The second-order valence-corrected chi connectivity index (χ2v) is 9.83. The van der Waals surface area contributed by atoms with Crippen LogP contribution in [0.2, 0.25) is 0 Å². The molecule has 2 atom stereocenters. The summed E-state index contributed by atoms with van der Waals surface area (Å²) in [7, 11) is 0. The first-order valence-corrected chi connectivity index (χ1v) is 10.9. The first-order chi connectivity index (χ1) is 12.9. The molecule has 1 aromatic rings. The average Bonchev–Trinajstić information content (AvgIpc) is 3.32. The summed E-state index contributed by atoms with van der Waals surface area (Å²) in [6.45, 7) is 11.5. The lowest BCUT2D eigenvalue weighted by atomic mass is 9.70. The van der Waals surface area contributed by atoms with E-state index in [1.807, 2.05) is 6.08 Å². The van der Waals surface area contributed by atoms with Crippen molar-refractivity contribution in [1.82, 2.24) is 20.2 Å². The summed E-state index contributed by atoms with van der Waals surface area (Å²) in [5, 5.41) is 13.9. The Morgan fingerprint density at radius 2 is 2.15 bits per heavy atom. The van der Waals surface area contributed by atoms with Crippen molar-refractivity contribution in [3.8, 4) is 0 Å². The first-order valence-electron chi connectivity index (χ1n) is 9.89. The van der Waals surface area contributed by atoms with Crippen molar-refractivity contribution < 1.29 is 4.79 Å². The maximum atomic E-state index is 12.4. The summed E-state index contributed by atoms with van der Waals surface area (Å²) >= 11 is 1.42. The predicted octanol–water partition coefficient (Wildman–Crippen LogP) is 3.75. The van der Waals surface area contributed by atoms with Gasteiger partial charge < -0.3 is 4.57 Å². The number of thioether (sulfide) groups is 1. The van der Waals surface area contributed by atoms with Crippen LogP contribution < -0.4 is 5.43 Å². The number of hydrogen-bond donors (Lipinski definition) is 1. The number of carbonyl (C=O) groups is 1. The van der Waals surface area contributed by atoms with Crippen molar-refractivity contribution in [2.24, 2.45) is 21.8 Å². The lowest BCUT2D eigenvalue weighted by molar-refractivity contribution is -0.118. The Balaban J connectivity index is 1.37. The third-order valence-corrected chi connectivity index (χ3v) is 8.13. The molecule has 1 N–H and O–H groups in total. The van der Waals surface area contributed by atoms with Gasteiger partial charge in [-0.05, 0) is 43.4 Å². The van der Waals surface area contributed by atoms with Gasteiger partial charge in [-0.1, -0.05) is 38.6 Å². The molecule has 1 heterocycles. The number of fused-ring (bicyclic) bond motifs is 2. The van der Waals surface area contributed by atoms with Gasteiger partial charge in [-0.25, -0.2) is 5.43 Å². The number of aromatic nitrogens is 3. The van der Waals surface area contributed by atoms with E-state index in [0.29, 0.717) is 24.1 Å². The highest BCUT2D eigenvalue weighted by molar-refractivity contribution is 7.99. The third-order valence-electron chi connectivity index (χ3n) is 7.16. The van der Waals surface area contributed by atoms with E-state index in [-0.39, 0.29) is 16.7 Å². The van der Waals surface area contributed by atoms with Gasteiger partial charge in [0.1, 0.15) is 5.82 Å².